The maximum Gasteiger partial charge on any atom is 0.416 e. The number of rotatable bonds is 8. The Morgan fingerprint density at radius 3 is 2.77 bits per heavy atom. The molecule has 1 amide bonds. The van der Waals surface area contributed by atoms with Gasteiger partial charge in [0.05, 0.1) is 30.5 Å². The molecule has 1 saturated heterocycles. The molecule has 1 aromatic carbocycles. The van der Waals surface area contributed by atoms with E-state index in [1.54, 1.807) is 0 Å². The normalized spacial score (nSPS) is 16.8. The standard InChI is InChI=1S/C17H23F3N2O3.ClH/c1-2-7-25-15-6-5-12(17(18,19)20)9-14(15)22-16(23)11-21-10-13-4-3-8-24-13;/h5-6,9,13,21H,2-4,7-8,10-11H2,1H3,(H,22,23);1H. The first kappa shape index (κ1) is 22.5. The molecule has 0 bridgehead atoms. The first-order valence-corrected chi connectivity index (χ1v) is 8.36. The number of amides is 1. The van der Waals surface area contributed by atoms with Crippen molar-refractivity contribution in [1.29, 1.82) is 0 Å². The van der Waals surface area contributed by atoms with E-state index in [2.05, 4.69) is 10.6 Å². The third kappa shape index (κ3) is 7.01. The van der Waals surface area contributed by atoms with Crippen LogP contribution in [0.25, 0.3) is 0 Å². The fourth-order valence-electron chi connectivity index (χ4n) is 2.49. The summed E-state index contributed by atoms with van der Waals surface area (Å²) in [7, 11) is 0. The van der Waals surface area contributed by atoms with Gasteiger partial charge in [0.15, 0.2) is 0 Å². The minimum absolute atomic E-state index is 0. The van der Waals surface area contributed by atoms with E-state index >= 15 is 0 Å². The zero-order valence-corrected chi connectivity index (χ0v) is 15.3. The van der Waals surface area contributed by atoms with Crippen molar-refractivity contribution in [3.8, 4) is 5.75 Å². The van der Waals surface area contributed by atoms with E-state index in [4.69, 9.17) is 9.47 Å². The Bertz CT molecular complexity index is 579. The zero-order chi connectivity index (χ0) is 18.3. The molecule has 148 valence electrons. The first-order valence-electron chi connectivity index (χ1n) is 8.36. The molecule has 2 N–H and O–H groups in total. The first-order chi connectivity index (χ1) is 11.9. The van der Waals surface area contributed by atoms with E-state index in [9.17, 15) is 18.0 Å². The molecule has 1 aliphatic rings. The molecular weight excluding hydrogens is 373 g/mol. The van der Waals surface area contributed by atoms with Gasteiger partial charge in [-0.1, -0.05) is 6.92 Å². The van der Waals surface area contributed by atoms with Gasteiger partial charge in [-0.2, -0.15) is 13.2 Å². The van der Waals surface area contributed by atoms with Crippen LogP contribution in [0.1, 0.15) is 31.7 Å². The Morgan fingerprint density at radius 2 is 2.15 bits per heavy atom. The maximum atomic E-state index is 12.9. The van der Waals surface area contributed by atoms with Crippen LogP contribution < -0.4 is 15.4 Å². The summed E-state index contributed by atoms with van der Waals surface area (Å²) in [6, 6.07) is 3.06. The molecule has 1 aliphatic heterocycles. The number of alkyl halides is 3. The lowest BCUT2D eigenvalue weighted by molar-refractivity contribution is -0.137. The molecule has 9 heteroatoms. The lowest BCUT2D eigenvalue weighted by atomic mass is 10.1. The number of hydrogen-bond acceptors (Lipinski definition) is 4. The van der Waals surface area contributed by atoms with E-state index in [0.717, 1.165) is 31.6 Å². The van der Waals surface area contributed by atoms with Crippen LogP contribution >= 0.6 is 12.4 Å². The molecule has 5 nitrogen and oxygen atoms in total. The second kappa shape index (κ2) is 10.6. The summed E-state index contributed by atoms with van der Waals surface area (Å²) >= 11 is 0. The van der Waals surface area contributed by atoms with Gasteiger partial charge < -0.3 is 20.1 Å². The van der Waals surface area contributed by atoms with E-state index in [1.165, 1.54) is 6.07 Å². The number of anilines is 1. The summed E-state index contributed by atoms with van der Waals surface area (Å²) in [5.74, 6) is -0.207. The lowest BCUT2D eigenvalue weighted by Crippen LogP contribution is -2.33. The van der Waals surface area contributed by atoms with Crippen molar-refractivity contribution in [3.63, 3.8) is 0 Å². The Morgan fingerprint density at radius 1 is 1.38 bits per heavy atom. The summed E-state index contributed by atoms with van der Waals surface area (Å²) in [5.41, 5.74) is -0.814. The molecule has 1 aromatic rings. The molecule has 0 radical (unpaired) electrons. The smallest absolute Gasteiger partial charge is 0.416 e. The second-order valence-electron chi connectivity index (χ2n) is 5.87. The number of halogens is 4. The summed E-state index contributed by atoms with van der Waals surface area (Å²) in [6.45, 7) is 3.49. The van der Waals surface area contributed by atoms with Gasteiger partial charge in [-0.05, 0) is 37.5 Å². The fraction of sp³-hybridized carbons (Fsp3) is 0.588. The predicted octanol–water partition coefficient (Wildman–Crippen LogP) is 3.62. The SMILES string of the molecule is CCCOc1ccc(C(F)(F)F)cc1NC(=O)CNCC1CCCO1.Cl. The van der Waals surface area contributed by atoms with Crippen LogP contribution in [0.4, 0.5) is 18.9 Å². The van der Waals surface area contributed by atoms with Gasteiger partial charge in [0.25, 0.3) is 0 Å². The summed E-state index contributed by atoms with van der Waals surface area (Å²) in [5, 5.41) is 5.44. The Hall–Kier alpha value is -1.51. The number of carbonyl (C=O) groups excluding carboxylic acids is 1. The van der Waals surface area contributed by atoms with Crippen molar-refractivity contribution in [2.45, 2.75) is 38.5 Å². The molecule has 0 spiro atoms. The van der Waals surface area contributed by atoms with E-state index in [0.29, 0.717) is 19.6 Å². The van der Waals surface area contributed by atoms with Crippen molar-refractivity contribution in [2.75, 3.05) is 31.6 Å². The Kier molecular flexibility index (Phi) is 9.18. The minimum Gasteiger partial charge on any atom is -0.491 e. The van der Waals surface area contributed by atoms with E-state index in [1.807, 2.05) is 6.92 Å². The van der Waals surface area contributed by atoms with Crippen molar-refractivity contribution < 1.29 is 27.4 Å². The number of nitrogens with one attached hydrogen (secondary N) is 2. The summed E-state index contributed by atoms with van der Waals surface area (Å²) in [6.07, 6.45) is -1.75. The zero-order valence-electron chi connectivity index (χ0n) is 14.5. The molecule has 2 rings (SSSR count). The summed E-state index contributed by atoms with van der Waals surface area (Å²) < 4.78 is 49.5. The number of carbonyl (C=O) groups is 1. The quantitative estimate of drug-likeness (QED) is 0.704. The topological polar surface area (TPSA) is 59.6 Å². The third-order valence-corrected chi connectivity index (χ3v) is 3.72. The average Bonchev–Trinajstić information content (AvgIpc) is 3.06. The van der Waals surface area contributed by atoms with Crippen molar-refractivity contribution in [2.24, 2.45) is 0 Å². The van der Waals surface area contributed by atoms with E-state index in [-0.39, 0.29) is 36.5 Å². The fourth-order valence-corrected chi connectivity index (χ4v) is 2.49. The van der Waals surface area contributed by atoms with Gasteiger partial charge in [0.1, 0.15) is 5.75 Å². The molecule has 1 fully saturated rings. The molecule has 0 saturated carbocycles. The highest BCUT2D eigenvalue weighted by Crippen LogP contribution is 2.35. The Balaban J connectivity index is 0.00000338. The molecule has 1 unspecified atom stereocenters. The van der Waals surface area contributed by atoms with E-state index < -0.39 is 17.6 Å². The minimum atomic E-state index is -4.49. The number of benzene rings is 1. The van der Waals surface area contributed by atoms with Gasteiger partial charge in [-0.25, -0.2) is 0 Å². The van der Waals surface area contributed by atoms with Gasteiger partial charge in [0.2, 0.25) is 5.91 Å². The molecular formula is C17H24ClF3N2O3. The van der Waals surface area contributed by atoms with Crippen LogP contribution in [-0.2, 0) is 15.7 Å². The van der Waals surface area contributed by atoms with Crippen LogP contribution in [0, 0.1) is 0 Å². The van der Waals surface area contributed by atoms with Gasteiger partial charge >= 0.3 is 6.18 Å². The molecule has 0 aliphatic carbocycles. The van der Waals surface area contributed by atoms with Gasteiger partial charge in [-0.3, -0.25) is 4.79 Å². The molecule has 1 heterocycles. The number of ether oxygens (including phenoxy) is 2. The monoisotopic (exact) mass is 396 g/mol. The third-order valence-electron chi connectivity index (χ3n) is 3.72. The van der Waals surface area contributed by atoms with Crippen LogP contribution in [0.2, 0.25) is 0 Å². The van der Waals surface area contributed by atoms with Crippen LogP contribution in [0.15, 0.2) is 18.2 Å². The highest BCUT2D eigenvalue weighted by atomic mass is 35.5. The van der Waals surface area contributed by atoms with Crippen LogP contribution in [0.5, 0.6) is 5.75 Å². The van der Waals surface area contributed by atoms with Crippen molar-refractivity contribution in [3.05, 3.63) is 23.8 Å². The largest absolute Gasteiger partial charge is 0.491 e. The highest BCUT2D eigenvalue weighted by Gasteiger charge is 2.31. The second-order valence-corrected chi connectivity index (χ2v) is 5.87. The summed E-state index contributed by atoms with van der Waals surface area (Å²) in [4.78, 5) is 12.0. The van der Waals surface area contributed by atoms with Gasteiger partial charge in [0, 0.05) is 13.2 Å². The van der Waals surface area contributed by atoms with Gasteiger partial charge in [-0.15, -0.1) is 12.4 Å². The average molecular weight is 397 g/mol. The Labute approximate surface area is 157 Å². The maximum absolute atomic E-state index is 12.9. The van der Waals surface area contributed by atoms with Crippen LogP contribution in [-0.4, -0.2) is 38.3 Å². The van der Waals surface area contributed by atoms with Crippen LogP contribution in [0.3, 0.4) is 0 Å². The molecule has 1 atom stereocenters. The highest BCUT2D eigenvalue weighted by molar-refractivity contribution is 5.93. The molecule has 26 heavy (non-hydrogen) atoms. The number of hydrogen-bond donors (Lipinski definition) is 2. The van der Waals surface area contributed by atoms with Crippen molar-refractivity contribution >= 4 is 24.0 Å². The lowest BCUT2D eigenvalue weighted by Gasteiger charge is -2.16. The molecule has 0 aromatic heterocycles. The predicted molar refractivity (Wildman–Crippen MR) is 95.0 cm³/mol. The van der Waals surface area contributed by atoms with Crippen molar-refractivity contribution in [1.82, 2.24) is 5.32 Å².